The van der Waals surface area contributed by atoms with Crippen molar-refractivity contribution in [3.63, 3.8) is 0 Å². The largest absolute Gasteiger partial charge is 0.197 e. The minimum absolute atomic E-state index is 0. The van der Waals surface area contributed by atoms with E-state index in [4.69, 9.17) is 0 Å². The van der Waals surface area contributed by atoms with E-state index in [0.717, 1.165) is 0 Å². The Morgan fingerprint density at radius 1 is 0.900 bits per heavy atom. The smallest absolute Gasteiger partial charge is 0.197 e. The summed E-state index contributed by atoms with van der Waals surface area (Å²) in [6.07, 6.45) is 8.71. The fourth-order valence-electron chi connectivity index (χ4n) is 0.905. The molecule has 0 nitrogen and oxygen atoms in total. The summed E-state index contributed by atoms with van der Waals surface area (Å²) < 4.78 is 1.46. The van der Waals surface area contributed by atoms with Crippen molar-refractivity contribution in [1.82, 2.24) is 0 Å². The van der Waals surface area contributed by atoms with E-state index in [2.05, 4.69) is 6.92 Å². The first-order valence-corrected chi connectivity index (χ1v) is 6.08. The molecule has 0 aliphatic carbocycles. The molecule has 0 unspecified atom stereocenters. The van der Waals surface area contributed by atoms with Crippen LogP contribution in [0.4, 0.5) is 0 Å². The molecule has 0 aromatic carbocycles. The van der Waals surface area contributed by atoms with Crippen molar-refractivity contribution in [3.8, 4) is 0 Å². The van der Waals surface area contributed by atoms with E-state index in [9.17, 15) is 0 Å². The van der Waals surface area contributed by atoms with Crippen LogP contribution in [-0.4, -0.2) is 22.5 Å². The second-order valence-corrected chi connectivity index (χ2v) is 3.94. The van der Waals surface area contributed by atoms with Gasteiger partial charge in [0.15, 0.2) is 0 Å². The van der Waals surface area contributed by atoms with Gasteiger partial charge < -0.3 is 0 Å². The van der Waals surface area contributed by atoms with E-state index < -0.39 is 0 Å². The SMILES string of the molecule is CCCCCCC[CH2][Sn].S. The van der Waals surface area contributed by atoms with Gasteiger partial charge in [-0.25, -0.2) is 0 Å². The van der Waals surface area contributed by atoms with Crippen LogP contribution in [-0.2, 0) is 0 Å². The Kier molecular flexibility index (Phi) is 17.6. The molecule has 3 radical (unpaired) electrons. The monoisotopic (exact) mass is 267 g/mol. The van der Waals surface area contributed by atoms with Crippen molar-refractivity contribution < 1.29 is 0 Å². The Hall–Kier alpha value is 1.15. The van der Waals surface area contributed by atoms with Gasteiger partial charge in [-0.3, -0.25) is 0 Å². The molecule has 0 spiro atoms. The molecule has 0 saturated carbocycles. The van der Waals surface area contributed by atoms with Gasteiger partial charge in [0.05, 0.1) is 0 Å². The molecule has 0 aliphatic rings. The molecule has 0 rings (SSSR count). The molecule has 0 saturated heterocycles. The van der Waals surface area contributed by atoms with Gasteiger partial charge >= 0.3 is 72.4 Å². The van der Waals surface area contributed by atoms with Crippen molar-refractivity contribution in [2.75, 3.05) is 0 Å². The average molecular weight is 266 g/mol. The molecular weight excluding hydrogens is 247 g/mol. The quantitative estimate of drug-likeness (QED) is 0.512. The van der Waals surface area contributed by atoms with Crippen molar-refractivity contribution >= 4 is 36.0 Å². The third kappa shape index (κ3) is 11.9. The molecule has 0 aromatic rings. The summed E-state index contributed by atoms with van der Waals surface area (Å²) in [7, 11) is 0. The second kappa shape index (κ2) is 12.8. The predicted molar refractivity (Wildman–Crippen MR) is 54.3 cm³/mol. The van der Waals surface area contributed by atoms with Crippen LogP contribution in [0.3, 0.4) is 0 Å². The van der Waals surface area contributed by atoms with Crippen LogP contribution >= 0.6 is 13.5 Å². The van der Waals surface area contributed by atoms with Gasteiger partial charge in [-0.2, -0.15) is 13.5 Å². The van der Waals surface area contributed by atoms with Gasteiger partial charge in [-0.1, -0.05) is 0 Å². The van der Waals surface area contributed by atoms with Gasteiger partial charge in [0.1, 0.15) is 0 Å². The first-order valence-electron chi connectivity index (χ1n) is 4.06. The fraction of sp³-hybridized carbons (Fsp3) is 1.00. The summed E-state index contributed by atoms with van der Waals surface area (Å²) in [6.45, 7) is 2.27. The summed E-state index contributed by atoms with van der Waals surface area (Å²) in [5.41, 5.74) is 0. The molecule has 0 aliphatic heterocycles. The molecule has 0 bridgehead atoms. The maximum Gasteiger partial charge on any atom is -0.197 e. The first kappa shape index (κ1) is 13.7. The second-order valence-electron chi connectivity index (χ2n) is 2.52. The molecule has 0 heterocycles. The summed E-state index contributed by atoms with van der Waals surface area (Å²) in [6, 6.07) is 0. The molecule has 0 atom stereocenters. The number of rotatable bonds is 6. The Morgan fingerprint density at radius 3 is 1.90 bits per heavy atom. The molecule has 0 amide bonds. The number of unbranched alkanes of at least 4 members (excludes halogenated alkanes) is 5. The Labute approximate surface area is 85.7 Å². The van der Waals surface area contributed by atoms with Crippen LogP contribution in [0.2, 0.25) is 4.44 Å². The van der Waals surface area contributed by atoms with Crippen LogP contribution in [0.1, 0.15) is 45.4 Å². The van der Waals surface area contributed by atoms with Gasteiger partial charge in [-0.05, 0) is 0 Å². The Morgan fingerprint density at radius 2 is 1.40 bits per heavy atom. The Bertz CT molecular complexity index is 42.5. The van der Waals surface area contributed by atoms with Crippen molar-refractivity contribution in [1.29, 1.82) is 0 Å². The molecule has 0 N–H and O–H groups in total. The van der Waals surface area contributed by atoms with Gasteiger partial charge in [0, 0.05) is 0 Å². The zero-order chi connectivity index (χ0) is 6.95. The maximum absolute atomic E-state index is 2.27. The zero-order valence-corrected chi connectivity index (χ0v) is 10.8. The topological polar surface area (TPSA) is 0 Å². The zero-order valence-electron chi connectivity index (χ0n) is 6.95. The first-order chi connectivity index (χ1) is 4.41. The summed E-state index contributed by atoms with van der Waals surface area (Å²) in [4.78, 5) is 0. The van der Waals surface area contributed by atoms with Gasteiger partial charge in [0.25, 0.3) is 0 Å². The molecule has 61 valence electrons. The minimum atomic E-state index is 0. The minimum Gasteiger partial charge on any atom is -0.197 e. The van der Waals surface area contributed by atoms with Crippen molar-refractivity contribution in [2.45, 2.75) is 49.9 Å². The molecule has 0 aromatic heterocycles. The van der Waals surface area contributed by atoms with Crippen LogP contribution in [0.25, 0.3) is 0 Å². The van der Waals surface area contributed by atoms with E-state index in [0.29, 0.717) is 0 Å². The number of hydrogen-bond donors (Lipinski definition) is 0. The number of hydrogen-bond acceptors (Lipinski definition) is 0. The third-order valence-corrected chi connectivity index (χ3v) is 2.54. The molecular formula is C8H19SSn. The van der Waals surface area contributed by atoms with E-state index >= 15 is 0 Å². The summed E-state index contributed by atoms with van der Waals surface area (Å²) in [5, 5.41) is 0. The molecule has 10 heavy (non-hydrogen) atoms. The maximum atomic E-state index is 2.27. The normalized spacial score (nSPS) is 9.00. The van der Waals surface area contributed by atoms with E-state index in [1.54, 1.807) is 22.5 Å². The summed E-state index contributed by atoms with van der Waals surface area (Å²) >= 11 is 1.71. The van der Waals surface area contributed by atoms with Crippen LogP contribution in [0.15, 0.2) is 0 Å². The van der Waals surface area contributed by atoms with Crippen LogP contribution < -0.4 is 0 Å². The van der Waals surface area contributed by atoms with E-state index in [1.807, 2.05) is 0 Å². The molecule has 2 heteroatoms. The third-order valence-electron chi connectivity index (χ3n) is 1.53. The van der Waals surface area contributed by atoms with Crippen molar-refractivity contribution in [3.05, 3.63) is 0 Å². The average Bonchev–Trinajstić information content (AvgIpc) is 1.89. The fourth-order valence-corrected chi connectivity index (χ4v) is 1.62. The molecule has 0 fully saturated rings. The van der Waals surface area contributed by atoms with Crippen LogP contribution in [0.5, 0.6) is 0 Å². The summed E-state index contributed by atoms with van der Waals surface area (Å²) in [5.74, 6) is 0. The van der Waals surface area contributed by atoms with Crippen molar-refractivity contribution in [2.24, 2.45) is 0 Å². The standard InChI is InChI=1S/C8H17.H2S.Sn/c1-3-5-7-8-6-4-2;;/h1,3-8H2,2H3;1H2;. The van der Waals surface area contributed by atoms with Gasteiger partial charge in [0.2, 0.25) is 0 Å². The van der Waals surface area contributed by atoms with E-state index in [1.165, 1.54) is 43.0 Å². The Balaban J connectivity index is 0. The predicted octanol–water partition coefficient (Wildman–Crippen LogP) is 3.05. The van der Waals surface area contributed by atoms with Gasteiger partial charge in [-0.15, -0.1) is 0 Å². The van der Waals surface area contributed by atoms with Crippen LogP contribution in [0, 0.1) is 0 Å². The van der Waals surface area contributed by atoms with E-state index in [-0.39, 0.29) is 13.5 Å².